The second-order valence-electron chi connectivity index (χ2n) is 5.88. The van der Waals surface area contributed by atoms with Crippen molar-refractivity contribution in [3.63, 3.8) is 0 Å². The molecule has 1 saturated heterocycles. The highest BCUT2D eigenvalue weighted by atomic mass is 127. The standard InChI is InChI=1S/C19H20INO8S/c1-5-28-15(22)9-29-16-12(20)6-11(7-13(16)26-3)8-14-17(23)21(19(25)30-14)10(2)18(24)27-4/h6-8,10H,5,9H2,1-4H3/b14-8+/t10-/m0/s1. The lowest BCUT2D eigenvalue weighted by atomic mass is 10.1. The fourth-order valence-electron chi connectivity index (χ4n) is 2.54. The lowest BCUT2D eigenvalue weighted by molar-refractivity contribution is -0.148. The van der Waals surface area contributed by atoms with Gasteiger partial charge in [-0.1, -0.05) is 0 Å². The van der Waals surface area contributed by atoms with E-state index in [0.29, 0.717) is 20.6 Å². The van der Waals surface area contributed by atoms with Gasteiger partial charge in [-0.25, -0.2) is 9.59 Å². The van der Waals surface area contributed by atoms with Crippen LogP contribution in [-0.2, 0) is 23.9 Å². The highest BCUT2D eigenvalue weighted by Crippen LogP contribution is 2.37. The normalized spacial score (nSPS) is 15.9. The summed E-state index contributed by atoms with van der Waals surface area (Å²) in [5.74, 6) is -1.07. The van der Waals surface area contributed by atoms with Crippen LogP contribution in [0, 0.1) is 3.57 Å². The molecule has 0 aliphatic carbocycles. The topological polar surface area (TPSA) is 108 Å². The Kier molecular flexibility index (Phi) is 8.53. The highest BCUT2D eigenvalue weighted by molar-refractivity contribution is 14.1. The van der Waals surface area contributed by atoms with Crippen LogP contribution in [-0.4, -0.2) is 61.5 Å². The fourth-order valence-corrected chi connectivity index (χ4v) is 4.23. The monoisotopic (exact) mass is 549 g/mol. The van der Waals surface area contributed by atoms with Gasteiger partial charge in [0.05, 0.1) is 29.3 Å². The minimum Gasteiger partial charge on any atom is -0.493 e. The Morgan fingerprint density at radius 1 is 1.27 bits per heavy atom. The molecule has 0 aromatic heterocycles. The Morgan fingerprint density at radius 3 is 2.57 bits per heavy atom. The van der Waals surface area contributed by atoms with Gasteiger partial charge in [0.1, 0.15) is 6.04 Å². The first-order valence-corrected chi connectivity index (χ1v) is 10.6. The van der Waals surface area contributed by atoms with E-state index in [1.165, 1.54) is 27.2 Å². The number of rotatable bonds is 8. The number of amides is 2. The summed E-state index contributed by atoms with van der Waals surface area (Å²) in [6.07, 6.45) is 1.52. The second kappa shape index (κ2) is 10.7. The molecule has 0 N–H and O–H groups in total. The minimum atomic E-state index is -1.03. The second-order valence-corrected chi connectivity index (χ2v) is 8.03. The molecule has 2 amide bonds. The number of methoxy groups -OCH3 is 2. The number of esters is 2. The Morgan fingerprint density at radius 2 is 1.97 bits per heavy atom. The third-order valence-electron chi connectivity index (χ3n) is 3.94. The van der Waals surface area contributed by atoms with Gasteiger partial charge in [0.15, 0.2) is 18.1 Å². The quantitative estimate of drug-likeness (QED) is 0.275. The van der Waals surface area contributed by atoms with E-state index in [1.54, 1.807) is 19.1 Å². The van der Waals surface area contributed by atoms with Gasteiger partial charge in [0.25, 0.3) is 11.1 Å². The molecule has 1 aliphatic rings. The van der Waals surface area contributed by atoms with E-state index in [-0.39, 0.29) is 18.1 Å². The SMILES string of the molecule is CCOC(=O)COc1c(I)cc(/C=C2/SC(=O)N([C@@H](C)C(=O)OC)C2=O)cc1OC. The summed E-state index contributed by atoms with van der Waals surface area (Å²) in [6, 6.07) is 2.29. The molecule has 30 heavy (non-hydrogen) atoms. The molecule has 1 aromatic rings. The maximum absolute atomic E-state index is 12.6. The van der Waals surface area contributed by atoms with Gasteiger partial charge in [0, 0.05) is 0 Å². The van der Waals surface area contributed by atoms with E-state index in [9.17, 15) is 19.2 Å². The predicted molar refractivity (Wildman–Crippen MR) is 117 cm³/mol. The first-order chi connectivity index (χ1) is 14.2. The molecule has 1 heterocycles. The Balaban J connectivity index is 2.28. The third kappa shape index (κ3) is 5.45. The van der Waals surface area contributed by atoms with Crippen LogP contribution in [0.5, 0.6) is 11.5 Å². The molecular formula is C19H20INO8S. The molecule has 0 spiro atoms. The van der Waals surface area contributed by atoms with Crippen molar-refractivity contribution < 1.29 is 38.1 Å². The molecule has 1 atom stereocenters. The highest BCUT2D eigenvalue weighted by Gasteiger charge is 2.41. The van der Waals surface area contributed by atoms with Crippen molar-refractivity contribution in [1.29, 1.82) is 0 Å². The fraction of sp³-hybridized carbons (Fsp3) is 0.368. The number of nitrogens with zero attached hydrogens (tertiary/aromatic N) is 1. The molecule has 0 saturated carbocycles. The van der Waals surface area contributed by atoms with Crippen LogP contribution >= 0.6 is 34.4 Å². The molecular weight excluding hydrogens is 529 g/mol. The number of benzene rings is 1. The molecule has 11 heteroatoms. The van der Waals surface area contributed by atoms with Crippen LogP contribution in [0.15, 0.2) is 17.0 Å². The first kappa shape index (κ1) is 24.0. The lowest BCUT2D eigenvalue weighted by Gasteiger charge is -2.18. The van der Waals surface area contributed by atoms with Gasteiger partial charge in [-0.15, -0.1) is 0 Å². The molecule has 1 aliphatic heterocycles. The van der Waals surface area contributed by atoms with E-state index in [4.69, 9.17) is 14.2 Å². The first-order valence-electron chi connectivity index (χ1n) is 8.74. The molecule has 162 valence electrons. The van der Waals surface area contributed by atoms with Crippen LogP contribution in [0.2, 0.25) is 0 Å². The minimum absolute atomic E-state index is 0.161. The molecule has 0 bridgehead atoms. The Labute approximate surface area is 191 Å². The van der Waals surface area contributed by atoms with Gasteiger partial charge >= 0.3 is 11.9 Å². The summed E-state index contributed by atoms with van der Waals surface area (Å²) >= 11 is 2.74. The predicted octanol–water partition coefficient (Wildman–Crippen LogP) is 2.84. The van der Waals surface area contributed by atoms with Crippen molar-refractivity contribution in [2.75, 3.05) is 27.4 Å². The summed E-state index contributed by atoms with van der Waals surface area (Å²) in [5, 5.41) is -0.555. The van der Waals surface area contributed by atoms with Crippen molar-refractivity contribution in [2.45, 2.75) is 19.9 Å². The summed E-state index contributed by atoms with van der Waals surface area (Å²) in [4.78, 5) is 49.1. The average Bonchev–Trinajstić information content (AvgIpc) is 2.98. The number of carbonyl (C=O) groups is 4. The molecule has 9 nitrogen and oxygen atoms in total. The van der Waals surface area contributed by atoms with E-state index in [0.717, 1.165) is 16.7 Å². The molecule has 0 radical (unpaired) electrons. The number of carbonyl (C=O) groups excluding carboxylic acids is 4. The van der Waals surface area contributed by atoms with Crippen LogP contribution in [0.4, 0.5) is 4.79 Å². The largest absolute Gasteiger partial charge is 0.493 e. The van der Waals surface area contributed by atoms with Gasteiger partial charge < -0.3 is 18.9 Å². The smallest absolute Gasteiger partial charge is 0.344 e. The number of hydrogen-bond acceptors (Lipinski definition) is 9. The average molecular weight is 549 g/mol. The molecule has 1 fully saturated rings. The summed E-state index contributed by atoms with van der Waals surface area (Å²) in [7, 11) is 2.63. The van der Waals surface area contributed by atoms with E-state index < -0.39 is 29.1 Å². The van der Waals surface area contributed by atoms with E-state index in [1.807, 2.05) is 22.6 Å². The zero-order valence-corrected chi connectivity index (χ0v) is 19.7. The Bertz CT molecular complexity index is 901. The Hall–Kier alpha value is -2.28. The zero-order chi connectivity index (χ0) is 22.4. The summed E-state index contributed by atoms with van der Waals surface area (Å²) in [6.45, 7) is 3.10. The molecule has 2 rings (SSSR count). The van der Waals surface area contributed by atoms with Crippen LogP contribution in [0.1, 0.15) is 19.4 Å². The zero-order valence-electron chi connectivity index (χ0n) is 16.7. The van der Waals surface area contributed by atoms with Crippen LogP contribution in [0.25, 0.3) is 6.08 Å². The summed E-state index contributed by atoms with van der Waals surface area (Å²) < 4.78 is 20.9. The van der Waals surface area contributed by atoms with Gasteiger partial charge in [-0.05, 0) is 72.0 Å². The molecule has 0 unspecified atom stereocenters. The van der Waals surface area contributed by atoms with Crippen molar-refractivity contribution in [2.24, 2.45) is 0 Å². The maximum Gasteiger partial charge on any atom is 0.344 e. The molecule has 1 aromatic carbocycles. The van der Waals surface area contributed by atoms with Gasteiger partial charge in [-0.3, -0.25) is 14.5 Å². The maximum atomic E-state index is 12.6. The van der Waals surface area contributed by atoms with Gasteiger partial charge in [0.2, 0.25) is 0 Å². The number of ether oxygens (including phenoxy) is 4. The van der Waals surface area contributed by atoms with Crippen molar-refractivity contribution >= 4 is 63.5 Å². The van der Waals surface area contributed by atoms with Crippen molar-refractivity contribution in [3.8, 4) is 11.5 Å². The number of thioether (sulfide) groups is 1. The third-order valence-corrected chi connectivity index (χ3v) is 5.63. The summed E-state index contributed by atoms with van der Waals surface area (Å²) in [5.41, 5.74) is 0.580. The van der Waals surface area contributed by atoms with Crippen LogP contribution < -0.4 is 9.47 Å². The van der Waals surface area contributed by atoms with Gasteiger partial charge in [-0.2, -0.15) is 0 Å². The van der Waals surface area contributed by atoms with E-state index >= 15 is 0 Å². The number of halogens is 1. The van der Waals surface area contributed by atoms with E-state index in [2.05, 4.69) is 4.74 Å². The lowest BCUT2D eigenvalue weighted by Crippen LogP contribution is -2.42. The van der Waals surface area contributed by atoms with Crippen LogP contribution in [0.3, 0.4) is 0 Å². The number of imide groups is 1. The van der Waals surface area contributed by atoms with Crippen molar-refractivity contribution in [1.82, 2.24) is 4.90 Å². The number of hydrogen-bond donors (Lipinski definition) is 0. The van der Waals surface area contributed by atoms with Crippen molar-refractivity contribution in [3.05, 3.63) is 26.2 Å².